The molecular weight excluding hydrogens is 939 g/mol. The Balaban J connectivity index is 1.36. The quantitative estimate of drug-likeness (QED) is 0.0398. The number of nitrogens with zero attached hydrogens (tertiary/aromatic N) is 4. The zero-order valence-electron chi connectivity index (χ0n) is 37.5. The molecule has 3 rings (SSSR count). The van der Waals surface area contributed by atoms with Crippen LogP contribution in [0.1, 0.15) is 106 Å². The van der Waals surface area contributed by atoms with Gasteiger partial charge in [-0.05, 0) is 24.2 Å². The van der Waals surface area contributed by atoms with Gasteiger partial charge in [0, 0.05) is 37.1 Å². The standard InChI is InChI=1S/C37H66N7O17P3S/c1-23(2)9-7-10-24(3)11-8-12-25(4)13-14-28(46)65-18-17-39-27(45)15-16-40-35(49)32(48)37(5,6)20-58-64(55,56)61-63(53,54)57-19-26-31(60-62(50,51)52)30(47)36(59-26)44-22-43-29-33(38)41-21-42-34(29)44/h21-26,30-32,36,47-48H,7-20H2,1-6H3,(H,39,45)(H,40,49)(H,53,54)(H,55,56)(H2,38,41,42)(H2,50,51,52). The number of phosphoric ester groups is 3. The second-order valence-corrected chi connectivity index (χ2v) is 22.7. The molecule has 0 aromatic carbocycles. The molecule has 372 valence electrons. The molecule has 3 heterocycles. The third-order valence-corrected chi connectivity index (χ3v) is 14.5. The van der Waals surface area contributed by atoms with Crippen LogP contribution in [-0.4, -0.2) is 123 Å². The van der Waals surface area contributed by atoms with Crippen LogP contribution in [0.5, 0.6) is 0 Å². The molecule has 9 unspecified atom stereocenters. The molecule has 9 atom stereocenters. The van der Waals surface area contributed by atoms with Crippen molar-refractivity contribution in [1.82, 2.24) is 30.2 Å². The average molecular weight is 1010 g/mol. The number of aromatic nitrogens is 4. The van der Waals surface area contributed by atoms with E-state index in [-0.39, 0.29) is 41.6 Å². The number of rotatable bonds is 30. The highest BCUT2D eigenvalue weighted by atomic mass is 32.2. The van der Waals surface area contributed by atoms with Crippen LogP contribution in [0.3, 0.4) is 0 Å². The van der Waals surface area contributed by atoms with Crippen molar-refractivity contribution in [1.29, 1.82) is 0 Å². The van der Waals surface area contributed by atoms with Crippen molar-refractivity contribution in [2.75, 3.05) is 37.8 Å². The van der Waals surface area contributed by atoms with Gasteiger partial charge in [0.1, 0.15) is 36.3 Å². The number of nitrogen functional groups attached to an aromatic ring is 1. The lowest BCUT2D eigenvalue weighted by molar-refractivity contribution is -0.137. The molecule has 28 heteroatoms. The van der Waals surface area contributed by atoms with E-state index < -0.39 is 84.6 Å². The smallest absolute Gasteiger partial charge is 0.386 e. The van der Waals surface area contributed by atoms with Gasteiger partial charge < -0.3 is 50.9 Å². The Labute approximate surface area is 382 Å². The van der Waals surface area contributed by atoms with Crippen molar-refractivity contribution >= 4 is 69.1 Å². The summed E-state index contributed by atoms with van der Waals surface area (Å²) in [6.45, 7) is 9.54. The molecule has 0 aliphatic carbocycles. The number of hydrogen-bond acceptors (Lipinski definition) is 18. The van der Waals surface area contributed by atoms with Crippen molar-refractivity contribution < 1.29 is 80.5 Å². The molecule has 1 fully saturated rings. The van der Waals surface area contributed by atoms with E-state index in [9.17, 15) is 57.9 Å². The minimum atomic E-state index is -5.58. The van der Waals surface area contributed by atoms with E-state index >= 15 is 0 Å². The molecule has 0 bridgehead atoms. The summed E-state index contributed by atoms with van der Waals surface area (Å²) in [7, 11) is -16.4. The first-order valence-electron chi connectivity index (χ1n) is 21.2. The summed E-state index contributed by atoms with van der Waals surface area (Å²) in [5.74, 6) is 0.872. The molecule has 0 radical (unpaired) electrons. The van der Waals surface area contributed by atoms with E-state index in [4.69, 9.17) is 19.5 Å². The van der Waals surface area contributed by atoms with Gasteiger partial charge >= 0.3 is 23.5 Å². The predicted molar refractivity (Wildman–Crippen MR) is 237 cm³/mol. The second kappa shape index (κ2) is 25.8. The Kier molecular flexibility index (Phi) is 22.6. The Bertz CT molecular complexity index is 2010. The van der Waals surface area contributed by atoms with Gasteiger partial charge in [-0.25, -0.2) is 28.6 Å². The van der Waals surface area contributed by atoms with Crippen LogP contribution in [0.4, 0.5) is 5.82 Å². The highest BCUT2D eigenvalue weighted by Crippen LogP contribution is 2.61. The largest absolute Gasteiger partial charge is 0.481 e. The minimum absolute atomic E-state index is 0.0329. The molecule has 0 spiro atoms. The molecule has 2 aromatic rings. The molecule has 0 saturated carbocycles. The summed E-state index contributed by atoms with van der Waals surface area (Å²) in [6.07, 6.45) is 1.63. The highest BCUT2D eigenvalue weighted by Gasteiger charge is 2.50. The Morgan fingerprint density at radius 1 is 0.908 bits per heavy atom. The first-order chi connectivity index (χ1) is 30.2. The van der Waals surface area contributed by atoms with Crippen LogP contribution < -0.4 is 16.4 Å². The summed E-state index contributed by atoms with van der Waals surface area (Å²) in [5, 5.41) is 26.7. The third kappa shape index (κ3) is 20.0. The van der Waals surface area contributed by atoms with Crippen LogP contribution in [0, 0.1) is 23.2 Å². The maximum atomic E-state index is 12.7. The Hall–Kier alpha value is -2.44. The molecule has 2 aromatic heterocycles. The van der Waals surface area contributed by atoms with Gasteiger partial charge in [0.25, 0.3) is 0 Å². The van der Waals surface area contributed by atoms with E-state index in [1.54, 1.807) is 0 Å². The topological polar surface area (TPSA) is 364 Å². The van der Waals surface area contributed by atoms with Gasteiger partial charge in [-0.3, -0.25) is 32.5 Å². The van der Waals surface area contributed by atoms with Crippen molar-refractivity contribution in [2.45, 2.75) is 130 Å². The lowest BCUT2D eigenvalue weighted by atomic mass is 9.87. The van der Waals surface area contributed by atoms with E-state index in [1.165, 1.54) is 39.5 Å². The predicted octanol–water partition coefficient (Wildman–Crippen LogP) is 3.71. The summed E-state index contributed by atoms with van der Waals surface area (Å²) in [6, 6.07) is 0. The number of imidazole rings is 1. The number of hydrogen-bond donors (Lipinski definition) is 9. The zero-order chi connectivity index (χ0) is 48.8. The minimum Gasteiger partial charge on any atom is -0.386 e. The first-order valence-corrected chi connectivity index (χ1v) is 26.8. The van der Waals surface area contributed by atoms with Crippen molar-refractivity contribution in [2.24, 2.45) is 23.2 Å². The summed E-state index contributed by atoms with van der Waals surface area (Å²) >= 11 is 1.15. The van der Waals surface area contributed by atoms with E-state index in [0.717, 1.165) is 54.2 Å². The number of amides is 2. The fraction of sp³-hybridized carbons (Fsp3) is 0.784. The molecule has 65 heavy (non-hydrogen) atoms. The van der Waals surface area contributed by atoms with Crippen LogP contribution in [0.15, 0.2) is 12.7 Å². The number of carbonyl (C=O) groups is 3. The van der Waals surface area contributed by atoms with Gasteiger partial charge in [0.05, 0.1) is 19.5 Å². The normalized spacial score (nSPS) is 21.4. The summed E-state index contributed by atoms with van der Waals surface area (Å²) < 4.78 is 62.4. The molecule has 2 amide bonds. The van der Waals surface area contributed by atoms with Crippen molar-refractivity contribution in [3.63, 3.8) is 0 Å². The van der Waals surface area contributed by atoms with Crippen LogP contribution in [-0.2, 0) is 50.7 Å². The number of anilines is 1. The maximum absolute atomic E-state index is 12.7. The number of phosphoric acid groups is 3. The lowest BCUT2D eigenvalue weighted by Crippen LogP contribution is -2.46. The molecule has 24 nitrogen and oxygen atoms in total. The van der Waals surface area contributed by atoms with Crippen LogP contribution in [0.25, 0.3) is 11.2 Å². The molecular formula is C37H66N7O17P3S. The number of fused-ring (bicyclic) bond motifs is 1. The van der Waals surface area contributed by atoms with Crippen molar-refractivity contribution in [3.8, 4) is 0 Å². The lowest BCUT2D eigenvalue weighted by Gasteiger charge is -2.30. The third-order valence-electron chi connectivity index (χ3n) is 10.5. The number of thioether (sulfide) groups is 1. The molecule has 10 N–H and O–H groups in total. The zero-order valence-corrected chi connectivity index (χ0v) is 41.0. The number of aliphatic hydroxyl groups is 2. The number of carbonyl (C=O) groups excluding carboxylic acids is 3. The Morgan fingerprint density at radius 2 is 1.54 bits per heavy atom. The van der Waals surface area contributed by atoms with E-state index in [1.807, 2.05) is 0 Å². The monoisotopic (exact) mass is 1010 g/mol. The average Bonchev–Trinajstić information content (AvgIpc) is 3.76. The van der Waals surface area contributed by atoms with Gasteiger partial charge in [-0.2, -0.15) is 4.31 Å². The number of nitrogens with one attached hydrogen (secondary N) is 2. The van der Waals surface area contributed by atoms with Crippen LogP contribution >= 0.6 is 35.2 Å². The molecule has 1 aliphatic rings. The summed E-state index contributed by atoms with van der Waals surface area (Å²) in [4.78, 5) is 88.5. The van der Waals surface area contributed by atoms with Gasteiger partial charge in [-0.1, -0.05) is 91.8 Å². The van der Waals surface area contributed by atoms with Gasteiger partial charge in [0.15, 0.2) is 22.8 Å². The Morgan fingerprint density at radius 3 is 2.18 bits per heavy atom. The maximum Gasteiger partial charge on any atom is 0.481 e. The summed E-state index contributed by atoms with van der Waals surface area (Å²) in [5.41, 5.74) is 4.28. The number of aliphatic hydroxyl groups excluding tert-OH is 2. The molecule has 1 aliphatic heterocycles. The van der Waals surface area contributed by atoms with Gasteiger partial charge in [0.2, 0.25) is 11.8 Å². The fourth-order valence-electron chi connectivity index (χ4n) is 6.71. The van der Waals surface area contributed by atoms with E-state index in [0.29, 0.717) is 24.0 Å². The number of nitrogens with two attached hydrogens (primary N) is 1. The van der Waals surface area contributed by atoms with Crippen LogP contribution in [0.2, 0.25) is 0 Å². The van der Waals surface area contributed by atoms with Gasteiger partial charge in [-0.15, -0.1) is 0 Å². The van der Waals surface area contributed by atoms with Crippen molar-refractivity contribution in [3.05, 3.63) is 12.7 Å². The first kappa shape index (κ1) is 56.9. The van der Waals surface area contributed by atoms with E-state index in [2.05, 4.69) is 62.1 Å². The second-order valence-electron chi connectivity index (χ2n) is 17.3. The SMILES string of the molecule is CC(C)CCCC(C)CCCC(C)CCC(=O)SCCNC(=O)CCNC(=O)C(O)C(C)(C)COP(=O)(O)OP(=O)(O)OCC1OC(n2cnc3c(N)ncnc32)C(O)C1OP(=O)(O)O. The fourth-order valence-corrected chi connectivity index (χ4v) is 10.2. The number of ether oxygens (including phenoxy) is 1. The molecule has 1 saturated heterocycles. The highest BCUT2D eigenvalue weighted by molar-refractivity contribution is 8.13.